The zero-order valence-corrected chi connectivity index (χ0v) is 13.6. The summed E-state index contributed by atoms with van der Waals surface area (Å²) >= 11 is 0. The molecule has 1 amide bonds. The molecule has 1 spiro atoms. The van der Waals surface area contributed by atoms with Gasteiger partial charge in [-0.25, -0.2) is 4.99 Å². The second kappa shape index (κ2) is 5.51. The van der Waals surface area contributed by atoms with Crippen molar-refractivity contribution in [3.8, 4) is 0 Å². The highest BCUT2D eigenvalue weighted by Crippen LogP contribution is 2.41. The lowest BCUT2D eigenvalue weighted by Gasteiger charge is -2.46. The van der Waals surface area contributed by atoms with E-state index in [9.17, 15) is 4.79 Å². The number of carbonyl (C=O) groups is 1. The van der Waals surface area contributed by atoms with Crippen LogP contribution in [-0.2, 0) is 6.42 Å². The van der Waals surface area contributed by atoms with E-state index in [1.807, 2.05) is 23.1 Å². The molecule has 1 saturated carbocycles. The Kier molecular flexibility index (Phi) is 3.44. The third-order valence-corrected chi connectivity index (χ3v) is 5.15. The Bertz CT molecular complexity index is 747. The normalized spacial score (nSPS) is 22.5. The van der Waals surface area contributed by atoms with Crippen LogP contribution in [0.25, 0.3) is 0 Å². The van der Waals surface area contributed by atoms with Crippen molar-refractivity contribution in [3.63, 3.8) is 0 Å². The summed E-state index contributed by atoms with van der Waals surface area (Å²) in [5.41, 5.74) is 14.4. The zero-order chi connectivity index (χ0) is 16.7. The summed E-state index contributed by atoms with van der Waals surface area (Å²) in [7, 11) is 0. The number of nitrogens with two attached hydrogens (primary N) is 2. The molecule has 0 bridgehead atoms. The molecular formula is C17H22N6O. The molecular weight excluding hydrogens is 304 g/mol. The maximum absolute atomic E-state index is 12.2. The molecule has 4 rings (SSSR count). The Morgan fingerprint density at radius 1 is 1.17 bits per heavy atom. The monoisotopic (exact) mass is 326 g/mol. The average Bonchev–Trinajstić information content (AvgIpc) is 2.55. The molecule has 24 heavy (non-hydrogen) atoms. The molecule has 0 saturated heterocycles. The summed E-state index contributed by atoms with van der Waals surface area (Å²) < 4.78 is 0. The van der Waals surface area contributed by atoms with E-state index in [2.05, 4.69) is 10.3 Å². The molecule has 7 nitrogen and oxygen atoms in total. The van der Waals surface area contributed by atoms with Crippen molar-refractivity contribution >= 4 is 23.5 Å². The lowest BCUT2D eigenvalue weighted by Crippen LogP contribution is -2.58. The third-order valence-electron chi connectivity index (χ3n) is 5.15. The van der Waals surface area contributed by atoms with Crippen LogP contribution in [0.3, 0.4) is 0 Å². The molecule has 1 aliphatic carbocycles. The van der Waals surface area contributed by atoms with Crippen molar-refractivity contribution in [2.24, 2.45) is 21.5 Å². The largest absolute Gasteiger partial charge is 0.369 e. The van der Waals surface area contributed by atoms with Gasteiger partial charge in [0.25, 0.3) is 5.91 Å². The van der Waals surface area contributed by atoms with Gasteiger partial charge in [0.1, 0.15) is 5.66 Å². The van der Waals surface area contributed by atoms with E-state index in [1.54, 1.807) is 0 Å². The van der Waals surface area contributed by atoms with Gasteiger partial charge < -0.3 is 16.8 Å². The van der Waals surface area contributed by atoms with E-state index in [-0.39, 0.29) is 11.9 Å². The smallest absolute Gasteiger partial charge is 0.251 e. The van der Waals surface area contributed by atoms with E-state index in [4.69, 9.17) is 16.5 Å². The number of guanidine groups is 2. The van der Waals surface area contributed by atoms with Crippen molar-refractivity contribution in [1.82, 2.24) is 5.32 Å². The van der Waals surface area contributed by atoms with Crippen LogP contribution in [0.4, 0.5) is 5.69 Å². The molecule has 7 heteroatoms. The van der Waals surface area contributed by atoms with E-state index in [0.29, 0.717) is 18.1 Å². The van der Waals surface area contributed by atoms with Crippen molar-refractivity contribution < 1.29 is 4.79 Å². The number of anilines is 1. The first-order valence-electron chi connectivity index (χ1n) is 8.50. The predicted molar refractivity (Wildman–Crippen MR) is 94.0 cm³/mol. The fourth-order valence-corrected chi connectivity index (χ4v) is 4.13. The fraction of sp³-hybridized carbons (Fsp3) is 0.471. The minimum Gasteiger partial charge on any atom is -0.369 e. The summed E-state index contributed by atoms with van der Waals surface area (Å²) in [4.78, 5) is 23.1. The molecule has 0 unspecified atom stereocenters. The minimum atomic E-state index is -0.475. The Balaban J connectivity index is 1.87. The molecule has 0 radical (unpaired) electrons. The number of rotatable bonds is 1. The van der Waals surface area contributed by atoms with E-state index < -0.39 is 5.66 Å². The van der Waals surface area contributed by atoms with Crippen LogP contribution < -0.4 is 21.7 Å². The van der Waals surface area contributed by atoms with E-state index in [0.717, 1.165) is 43.4 Å². The molecule has 0 atom stereocenters. The number of carbonyl (C=O) groups excluding carboxylic acids is 1. The van der Waals surface area contributed by atoms with Crippen LogP contribution in [0.2, 0.25) is 0 Å². The number of benzene rings is 1. The first kappa shape index (κ1) is 15.0. The van der Waals surface area contributed by atoms with Gasteiger partial charge in [-0.1, -0.05) is 12.5 Å². The lowest BCUT2D eigenvalue weighted by molar-refractivity contribution is 0.0946. The molecule has 5 N–H and O–H groups in total. The average molecular weight is 326 g/mol. The highest BCUT2D eigenvalue weighted by Gasteiger charge is 2.43. The van der Waals surface area contributed by atoms with Crippen LogP contribution in [0.15, 0.2) is 28.2 Å². The highest BCUT2D eigenvalue weighted by atomic mass is 16.1. The molecule has 3 aliphatic rings. The van der Waals surface area contributed by atoms with Crippen molar-refractivity contribution in [2.45, 2.75) is 44.2 Å². The Hall–Kier alpha value is -2.57. The highest BCUT2D eigenvalue weighted by molar-refractivity contribution is 6.07. The van der Waals surface area contributed by atoms with Crippen LogP contribution in [0.5, 0.6) is 0 Å². The summed E-state index contributed by atoms with van der Waals surface area (Å²) in [6, 6.07) is 5.76. The van der Waals surface area contributed by atoms with Gasteiger partial charge in [-0.15, -0.1) is 0 Å². The molecule has 126 valence electrons. The molecule has 0 aromatic heterocycles. The summed E-state index contributed by atoms with van der Waals surface area (Å²) in [5, 5.41) is 2.89. The second-order valence-corrected chi connectivity index (χ2v) is 6.63. The molecule has 1 aromatic carbocycles. The van der Waals surface area contributed by atoms with Gasteiger partial charge in [0.2, 0.25) is 11.9 Å². The summed E-state index contributed by atoms with van der Waals surface area (Å²) in [6.07, 6.45) is 5.90. The number of nitrogens with zero attached hydrogens (tertiary/aromatic N) is 3. The Labute approximate surface area is 140 Å². The maximum Gasteiger partial charge on any atom is 0.251 e. The third kappa shape index (κ3) is 2.23. The van der Waals surface area contributed by atoms with Gasteiger partial charge in [-0.05, 0) is 49.8 Å². The van der Waals surface area contributed by atoms with Gasteiger partial charge in [0.15, 0.2) is 0 Å². The predicted octanol–water partition coefficient (Wildman–Crippen LogP) is 1.08. The van der Waals surface area contributed by atoms with Crippen molar-refractivity contribution in [1.29, 1.82) is 0 Å². The van der Waals surface area contributed by atoms with Crippen molar-refractivity contribution in [2.75, 3.05) is 11.4 Å². The maximum atomic E-state index is 12.2. The standard InChI is InChI=1S/C17H22N6O/c18-15-21-16(19)23(17(22-15)8-2-1-3-9-17)13-6-4-5-12-11(13)7-10-20-14(12)24/h4-6H,1-3,7-10H2,(H,20,24)(H4,18,19,21,22). The number of aliphatic imine (C=N–C) groups is 2. The molecule has 2 aliphatic heterocycles. The second-order valence-electron chi connectivity index (χ2n) is 6.63. The SMILES string of the molecule is NC1=NC2(CCCCC2)N(c2cccc3c2CCNC3=O)C(N)=N1. The number of hydrogen-bond acceptors (Lipinski definition) is 6. The van der Waals surface area contributed by atoms with Crippen LogP contribution in [0.1, 0.15) is 48.0 Å². The van der Waals surface area contributed by atoms with Crippen molar-refractivity contribution in [3.05, 3.63) is 29.3 Å². The van der Waals surface area contributed by atoms with Crippen LogP contribution in [0, 0.1) is 0 Å². The number of fused-ring (bicyclic) bond motifs is 1. The van der Waals surface area contributed by atoms with Gasteiger partial charge in [-0.3, -0.25) is 9.69 Å². The zero-order valence-electron chi connectivity index (χ0n) is 13.6. The first-order valence-corrected chi connectivity index (χ1v) is 8.50. The van der Waals surface area contributed by atoms with Gasteiger partial charge >= 0.3 is 0 Å². The molecule has 1 aromatic rings. The fourth-order valence-electron chi connectivity index (χ4n) is 4.13. The molecule has 2 heterocycles. The van der Waals surface area contributed by atoms with Gasteiger partial charge in [-0.2, -0.15) is 4.99 Å². The number of hydrogen-bond donors (Lipinski definition) is 3. The Morgan fingerprint density at radius 3 is 2.75 bits per heavy atom. The minimum absolute atomic E-state index is 0.0358. The lowest BCUT2D eigenvalue weighted by atomic mass is 9.86. The summed E-state index contributed by atoms with van der Waals surface area (Å²) in [5.74, 6) is 0.573. The van der Waals surface area contributed by atoms with Gasteiger partial charge in [0.05, 0.1) is 5.69 Å². The topological polar surface area (TPSA) is 109 Å². The van der Waals surface area contributed by atoms with Gasteiger partial charge in [0, 0.05) is 12.1 Å². The van der Waals surface area contributed by atoms with Crippen LogP contribution >= 0.6 is 0 Å². The Morgan fingerprint density at radius 2 is 1.96 bits per heavy atom. The quantitative estimate of drug-likeness (QED) is 0.717. The molecule has 1 fully saturated rings. The first-order chi connectivity index (χ1) is 11.6. The summed E-state index contributed by atoms with van der Waals surface area (Å²) in [6.45, 7) is 0.631. The van der Waals surface area contributed by atoms with E-state index >= 15 is 0 Å². The number of amides is 1. The van der Waals surface area contributed by atoms with Crippen LogP contribution in [-0.4, -0.2) is 30.0 Å². The van der Waals surface area contributed by atoms with E-state index in [1.165, 1.54) is 6.42 Å². The number of nitrogens with one attached hydrogen (secondary N) is 1.